The van der Waals surface area contributed by atoms with Gasteiger partial charge in [0.1, 0.15) is 0 Å². The second-order valence-electron chi connectivity index (χ2n) is 17.8. The van der Waals surface area contributed by atoms with Crippen molar-refractivity contribution in [2.45, 2.75) is 9.79 Å². The van der Waals surface area contributed by atoms with Crippen molar-refractivity contribution in [3.05, 3.63) is 256 Å². The van der Waals surface area contributed by atoms with Crippen LogP contribution in [0.25, 0.3) is 92.0 Å². The van der Waals surface area contributed by atoms with Gasteiger partial charge in [0.25, 0.3) is 0 Å². The summed E-state index contributed by atoms with van der Waals surface area (Å²) in [6, 6.07) is 75.1. The van der Waals surface area contributed by atoms with Crippen LogP contribution in [-0.2, 0) is 76.9 Å². The van der Waals surface area contributed by atoms with E-state index in [1.807, 2.05) is 149 Å². The van der Waals surface area contributed by atoms with Gasteiger partial charge < -0.3 is 0 Å². The second kappa shape index (κ2) is 23.4. The zero-order chi connectivity index (χ0) is 50.5. The van der Waals surface area contributed by atoms with Gasteiger partial charge in [-0.25, -0.2) is 8.42 Å². The monoisotopic (exact) mass is 1700 g/mol. The molecule has 78 heavy (non-hydrogen) atoms. The van der Waals surface area contributed by atoms with E-state index in [4.69, 9.17) is 0 Å². The Balaban J connectivity index is 0.000000130. The number of hydrogen-bond acceptors (Lipinski definition) is 6. The third kappa shape index (κ3) is 10.5. The molecule has 15 rings (SSSR count). The van der Waals surface area contributed by atoms with E-state index >= 15 is 0 Å². The van der Waals surface area contributed by atoms with Gasteiger partial charge in [-0.05, 0) is 23.4 Å². The standard InChI is InChI=1S/C21H13N2O2S.C21H13N2OSe.C21H13N2Se.3Pt/c24-26(25)20-9-5-4-8-18(20)19-11-10-15(12-21(19)26)16-13-22-23(14-16)17-6-2-1-3-7-17;24-25-20-9-5-4-8-18(20)19-11-10-15(12-21(19)25)16-13-22-23(14-16)17-6-2-1-3-7-17;1-2-6-17(7-3-1)23-14-16(13-22-23)15-10-11-19-18-8-4-5-9-20(18)24-21(19)12-15;;;/h1-6,8-14H;1-6,8-14H;1-6,8-14H;;;/q3*-1;3*+2. The van der Waals surface area contributed by atoms with Crippen LogP contribution in [0, 0.1) is 18.2 Å². The van der Waals surface area contributed by atoms with Gasteiger partial charge >= 0.3 is 358 Å². The molecule has 0 N–H and O–H groups in total. The van der Waals surface area contributed by atoms with Gasteiger partial charge in [0, 0.05) is 22.9 Å². The summed E-state index contributed by atoms with van der Waals surface area (Å²) in [5.41, 5.74) is 12.5. The van der Waals surface area contributed by atoms with Crippen molar-refractivity contribution in [2.75, 3.05) is 0 Å². The first kappa shape index (κ1) is 54.8. The number of fused-ring (bicyclic) bond motifs is 9. The summed E-state index contributed by atoms with van der Waals surface area (Å²) < 4.78 is 48.9. The van der Waals surface area contributed by atoms with Gasteiger partial charge in [0.05, 0.1) is 16.0 Å². The predicted molar refractivity (Wildman–Crippen MR) is 297 cm³/mol. The molecule has 0 bridgehead atoms. The van der Waals surface area contributed by atoms with Gasteiger partial charge in [0.15, 0.2) is 0 Å². The summed E-state index contributed by atoms with van der Waals surface area (Å²) in [6.45, 7) is 0. The van der Waals surface area contributed by atoms with Crippen LogP contribution < -0.4 is 8.92 Å². The molecule has 15 heteroatoms. The summed E-state index contributed by atoms with van der Waals surface area (Å²) >= 11 is -1.79. The molecule has 9 aromatic carbocycles. The molecule has 9 nitrogen and oxygen atoms in total. The Morgan fingerprint density at radius 2 is 0.846 bits per heavy atom. The number of aromatic nitrogens is 6. The van der Waals surface area contributed by atoms with E-state index in [-0.39, 0.29) is 63.2 Å². The van der Waals surface area contributed by atoms with Crippen LogP contribution in [0.4, 0.5) is 0 Å². The zero-order valence-corrected chi connectivity index (χ0v) is 51.7. The number of para-hydroxylation sites is 3. The zero-order valence-electron chi connectivity index (χ0n) is 40.6. The number of sulfone groups is 1. The van der Waals surface area contributed by atoms with Crippen LogP contribution in [-0.4, -0.2) is 66.1 Å². The Hall–Kier alpha value is -6.54. The van der Waals surface area contributed by atoms with Crippen molar-refractivity contribution < 1.29 is 75.4 Å². The van der Waals surface area contributed by atoms with Crippen molar-refractivity contribution in [2.24, 2.45) is 0 Å². The second-order valence-corrected chi connectivity index (χ2v) is 24.9. The molecule has 0 spiro atoms. The van der Waals surface area contributed by atoms with E-state index in [0.717, 1.165) is 76.1 Å². The van der Waals surface area contributed by atoms with Crippen LogP contribution in [0.2, 0.25) is 0 Å². The third-order valence-corrected chi connectivity index (χ3v) is 20.6. The Labute approximate surface area is 504 Å². The molecule has 0 saturated carbocycles. The van der Waals surface area contributed by atoms with Crippen molar-refractivity contribution in [1.29, 1.82) is 0 Å². The van der Waals surface area contributed by atoms with Gasteiger partial charge in [-0.3, -0.25) is 4.68 Å². The molecular weight excluding hydrogens is 1660 g/mol. The molecule has 1 unspecified atom stereocenters. The third-order valence-electron chi connectivity index (χ3n) is 13.2. The molecular formula is C63H39N6O3Pt3SSe2+3. The molecule has 2 aliphatic heterocycles. The van der Waals surface area contributed by atoms with E-state index in [9.17, 15) is 12.3 Å². The molecule has 0 saturated heterocycles. The molecule has 13 aromatic rings. The Morgan fingerprint density at radius 3 is 1.44 bits per heavy atom. The predicted octanol–water partition coefficient (Wildman–Crippen LogP) is 11.7. The minimum absolute atomic E-state index is 0. The summed E-state index contributed by atoms with van der Waals surface area (Å²) in [6.07, 6.45) is 11.4. The fourth-order valence-corrected chi connectivity index (χ4v) is 16.6. The first-order valence-electron chi connectivity index (χ1n) is 24.0. The van der Waals surface area contributed by atoms with Crippen molar-refractivity contribution >= 4 is 66.4 Å². The summed E-state index contributed by atoms with van der Waals surface area (Å²) in [4.78, 5) is 0.733. The molecule has 4 aromatic heterocycles. The van der Waals surface area contributed by atoms with E-state index in [2.05, 4.69) is 106 Å². The van der Waals surface area contributed by atoms with Crippen LogP contribution in [0.15, 0.2) is 247 Å². The Kier molecular flexibility index (Phi) is 16.5. The molecule has 0 fully saturated rings. The van der Waals surface area contributed by atoms with E-state index in [0.29, 0.717) is 24.3 Å². The Bertz CT molecular complexity index is 4430. The van der Waals surface area contributed by atoms with Gasteiger partial charge in [0.2, 0.25) is 9.84 Å². The number of rotatable bonds is 6. The molecule has 384 valence electrons. The van der Waals surface area contributed by atoms with Gasteiger partial charge in [-0.15, -0.1) is 6.07 Å². The fourth-order valence-electron chi connectivity index (χ4n) is 9.53. The van der Waals surface area contributed by atoms with Crippen molar-refractivity contribution in [1.82, 2.24) is 29.3 Å². The molecule has 6 heterocycles. The number of nitrogens with zero attached hydrogens (tertiary/aromatic N) is 6. The minimum atomic E-state index is -3.47. The Morgan fingerprint density at radius 1 is 0.397 bits per heavy atom. The van der Waals surface area contributed by atoms with Gasteiger partial charge in [-0.1, -0.05) is 30.3 Å². The summed E-state index contributed by atoms with van der Waals surface area (Å²) in [5, 5.41) is 16.1. The van der Waals surface area contributed by atoms with E-state index in [1.54, 1.807) is 29.1 Å². The van der Waals surface area contributed by atoms with Crippen LogP contribution in [0.5, 0.6) is 0 Å². The summed E-state index contributed by atoms with van der Waals surface area (Å²) in [5.74, 6) is 0. The maximum absolute atomic E-state index is 12.9. The summed E-state index contributed by atoms with van der Waals surface area (Å²) in [7, 11) is -3.47. The van der Waals surface area contributed by atoms with Crippen LogP contribution in [0.1, 0.15) is 0 Å². The average Bonchev–Trinajstić information content (AvgIpc) is 4.47. The molecule has 0 radical (unpaired) electrons. The van der Waals surface area contributed by atoms with Crippen LogP contribution >= 0.6 is 0 Å². The average molecular weight is 1700 g/mol. The van der Waals surface area contributed by atoms with Crippen molar-refractivity contribution in [3.8, 4) is 72.7 Å². The number of benzene rings is 9. The fraction of sp³-hybridized carbons (Fsp3) is 0. The van der Waals surface area contributed by atoms with E-state index < -0.39 is 23.7 Å². The molecule has 2 aliphatic rings. The first-order valence-corrected chi connectivity index (χ1v) is 29.6. The molecule has 0 aliphatic carbocycles. The molecule has 1 atom stereocenters. The number of hydrogen-bond donors (Lipinski definition) is 0. The van der Waals surface area contributed by atoms with Crippen molar-refractivity contribution in [3.63, 3.8) is 0 Å². The normalized spacial score (nSPS) is 12.9. The molecule has 0 amide bonds. The first-order chi connectivity index (χ1) is 36.8. The quantitative estimate of drug-likeness (QED) is 0.121. The topological polar surface area (TPSA) is 105 Å². The SMILES string of the molecule is O=S1(=O)c2ccccc2-c2ccc(-c3cnn(-c4[c-]cccc4)c3)cc21.O=[Se]1c2ccccc2-c2ccc(-c3cnn(-c4[c-]cccc4)c3)cc21.[Pt+2].[Pt+2].[Pt+2].[c-]1ccccc1-n1cc(-c2ccc3c(c2)[se]c2ccccc23)cn1. The van der Waals surface area contributed by atoms with Crippen LogP contribution in [0.3, 0.4) is 0 Å². The van der Waals surface area contributed by atoms with Gasteiger partial charge in [-0.2, -0.15) is 29.4 Å². The van der Waals surface area contributed by atoms with E-state index in [1.165, 1.54) is 24.9 Å². The maximum atomic E-state index is 12.9.